The minimum atomic E-state index is -0.227. The summed E-state index contributed by atoms with van der Waals surface area (Å²) in [4.78, 5) is 4.07. The van der Waals surface area contributed by atoms with Gasteiger partial charge in [0.25, 0.3) is 0 Å². The minimum absolute atomic E-state index is 0.227. The summed E-state index contributed by atoms with van der Waals surface area (Å²) in [7, 11) is 0. The van der Waals surface area contributed by atoms with E-state index >= 15 is 0 Å². The molecular weight excluding hydrogens is 201 g/mol. The first-order valence-electron chi connectivity index (χ1n) is 5.04. The van der Waals surface area contributed by atoms with E-state index in [0.717, 1.165) is 22.3 Å². The molecule has 2 aromatic rings. The molecular formula is C14H12FN. The number of hydrogen-bond acceptors (Lipinski definition) is 1. The average Bonchev–Trinajstić information content (AvgIpc) is 2.30. The van der Waals surface area contributed by atoms with Gasteiger partial charge in [-0.25, -0.2) is 4.39 Å². The Morgan fingerprint density at radius 1 is 1.19 bits per heavy atom. The number of rotatable bonds is 2. The zero-order chi connectivity index (χ0) is 11.5. The Morgan fingerprint density at radius 3 is 2.50 bits per heavy atom. The van der Waals surface area contributed by atoms with Crippen molar-refractivity contribution in [2.75, 3.05) is 0 Å². The summed E-state index contributed by atoms with van der Waals surface area (Å²) in [5.41, 5.74) is 3.95. The Labute approximate surface area is 94.3 Å². The summed E-state index contributed by atoms with van der Waals surface area (Å²) in [6.45, 7) is 5.85. The maximum atomic E-state index is 12.8. The molecule has 1 heterocycles. The lowest BCUT2D eigenvalue weighted by Gasteiger charge is -2.08. The van der Waals surface area contributed by atoms with Gasteiger partial charge in [0.05, 0.1) is 0 Å². The van der Waals surface area contributed by atoms with Crippen LogP contribution in [0.5, 0.6) is 0 Å². The van der Waals surface area contributed by atoms with Crippen molar-refractivity contribution in [3.8, 4) is 11.1 Å². The van der Waals surface area contributed by atoms with Gasteiger partial charge in [0.15, 0.2) is 0 Å². The van der Waals surface area contributed by atoms with Gasteiger partial charge in [-0.15, -0.1) is 0 Å². The van der Waals surface area contributed by atoms with Crippen molar-refractivity contribution >= 4 is 5.57 Å². The molecule has 0 aliphatic carbocycles. The first kappa shape index (κ1) is 10.6. The summed E-state index contributed by atoms with van der Waals surface area (Å²) in [5, 5.41) is 0. The molecule has 0 aliphatic heterocycles. The van der Waals surface area contributed by atoms with Crippen LogP contribution in [-0.2, 0) is 0 Å². The fraction of sp³-hybridized carbons (Fsp3) is 0.0714. The van der Waals surface area contributed by atoms with Gasteiger partial charge in [0.1, 0.15) is 5.82 Å². The van der Waals surface area contributed by atoms with Crippen LogP contribution in [0.25, 0.3) is 16.7 Å². The fourth-order valence-electron chi connectivity index (χ4n) is 1.62. The van der Waals surface area contributed by atoms with Crippen molar-refractivity contribution in [2.24, 2.45) is 0 Å². The number of allylic oxidation sites excluding steroid dienone is 1. The second kappa shape index (κ2) is 4.27. The normalized spacial score (nSPS) is 10.1. The van der Waals surface area contributed by atoms with Gasteiger partial charge >= 0.3 is 0 Å². The van der Waals surface area contributed by atoms with Gasteiger partial charge in [-0.3, -0.25) is 4.98 Å². The van der Waals surface area contributed by atoms with Crippen LogP contribution in [0, 0.1) is 5.82 Å². The second-order valence-corrected chi connectivity index (χ2v) is 3.71. The highest BCUT2D eigenvalue weighted by molar-refractivity contribution is 5.78. The van der Waals surface area contributed by atoms with Gasteiger partial charge in [0, 0.05) is 18.0 Å². The molecule has 2 heteroatoms. The van der Waals surface area contributed by atoms with E-state index in [-0.39, 0.29) is 5.82 Å². The van der Waals surface area contributed by atoms with E-state index in [9.17, 15) is 4.39 Å². The smallest absolute Gasteiger partial charge is 0.123 e. The van der Waals surface area contributed by atoms with Crippen LogP contribution in [0.4, 0.5) is 4.39 Å². The standard InChI is InChI=1S/C14H12FN/c1-10(2)14-9-16-8-7-13(14)11-3-5-12(15)6-4-11/h3-9H,1H2,2H3. The van der Waals surface area contributed by atoms with E-state index in [2.05, 4.69) is 11.6 Å². The quantitative estimate of drug-likeness (QED) is 0.736. The molecule has 80 valence electrons. The Bertz CT molecular complexity index is 515. The molecule has 16 heavy (non-hydrogen) atoms. The first-order valence-corrected chi connectivity index (χ1v) is 5.04. The maximum absolute atomic E-state index is 12.8. The molecule has 0 aliphatic rings. The summed E-state index contributed by atoms with van der Waals surface area (Å²) in [6, 6.07) is 8.35. The molecule has 0 amide bonds. The molecule has 1 nitrogen and oxygen atoms in total. The van der Waals surface area contributed by atoms with E-state index in [1.54, 1.807) is 24.5 Å². The fourth-order valence-corrected chi connectivity index (χ4v) is 1.62. The van der Waals surface area contributed by atoms with Crippen molar-refractivity contribution in [1.82, 2.24) is 4.98 Å². The highest BCUT2D eigenvalue weighted by Crippen LogP contribution is 2.27. The topological polar surface area (TPSA) is 12.9 Å². The monoisotopic (exact) mass is 213 g/mol. The molecule has 1 aromatic carbocycles. The average molecular weight is 213 g/mol. The predicted octanol–water partition coefficient (Wildman–Crippen LogP) is 3.92. The van der Waals surface area contributed by atoms with Crippen LogP contribution in [0.3, 0.4) is 0 Å². The van der Waals surface area contributed by atoms with E-state index in [1.807, 2.05) is 13.0 Å². The van der Waals surface area contributed by atoms with Gasteiger partial charge in [-0.2, -0.15) is 0 Å². The zero-order valence-electron chi connectivity index (χ0n) is 9.07. The number of aromatic nitrogens is 1. The Balaban J connectivity index is 2.55. The van der Waals surface area contributed by atoms with Crippen molar-refractivity contribution in [3.05, 3.63) is 60.7 Å². The highest BCUT2D eigenvalue weighted by Gasteiger charge is 2.05. The number of hydrogen-bond donors (Lipinski definition) is 0. The molecule has 0 saturated heterocycles. The number of benzene rings is 1. The lowest BCUT2D eigenvalue weighted by atomic mass is 9.98. The minimum Gasteiger partial charge on any atom is -0.264 e. The third-order valence-electron chi connectivity index (χ3n) is 2.44. The number of halogens is 1. The van der Waals surface area contributed by atoms with Crippen LogP contribution >= 0.6 is 0 Å². The molecule has 0 radical (unpaired) electrons. The van der Waals surface area contributed by atoms with E-state index in [0.29, 0.717) is 0 Å². The van der Waals surface area contributed by atoms with E-state index < -0.39 is 0 Å². The molecule has 0 saturated carbocycles. The summed E-state index contributed by atoms with van der Waals surface area (Å²) >= 11 is 0. The second-order valence-electron chi connectivity index (χ2n) is 3.71. The summed E-state index contributed by atoms with van der Waals surface area (Å²) in [6.07, 6.45) is 3.51. The van der Waals surface area contributed by atoms with Gasteiger partial charge in [-0.1, -0.05) is 18.7 Å². The molecule has 0 bridgehead atoms. The third kappa shape index (κ3) is 2.01. The van der Waals surface area contributed by atoms with Gasteiger partial charge < -0.3 is 0 Å². The SMILES string of the molecule is C=C(C)c1cnccc1-c1ccc(F)cc1. The predicted molar refractivity (Wildman–Crippen MR) is 64.3 cm³/mol. The largest absolute Gasteiger partial charge is 0.264 e. The van der Waals surface area contributed by atoms with Crippen molar-refractivity contribution in [3.63, 3.8) is 0 Å². The molecule has 1 aromatic heterocycles. The van der Waals surface area contributed by atoms with Crippen LogP contribution < -0.4 is 0 Å². The molecule has 0 atom stereocenters. The van der Waals surface area contributed by atoms with Crippen molar-refractivity contribution in [1.29, 1.82) is 0 Å². The molecule has 0 N–H and O–H groups in total. The lowest BCUT2D eigenvalue weighted by Crippen LogP contribution is -1.88. The van der Waals surface area contributed by atoms with Gasteiger partial charge in [0.2, 0.25) is 0 Å². The highest BCUT2D eigenvalue weighted by atomic mass is 19.1. The van der Waals surface area contributed by atoms with E-state index in [4.69, 9.17) is 0 Å². The third-order valence-corrected chi connectivity index (χ3v) is 2.44. The van der Waals surface area contributed by atoms with Crippen LogP contribution in [0.2, 0.25) is 0 Å². The Kier molecular flexibility index (Phi) is 2.82. The first-order chi connectivity index (χ1) is 7.68. The van der Waals surface area contributed by atoms with Crippen molar-refractivity contribution in [2.45, 2.75) is 6.92 Å². The number of nitrogens with zero attached hydrogens (tertiary/aromatic N) is 1. The Hall–Kier alpha value is -1.96. The number of pyridine rings is 1. The Morgan fingerprint density at radius 2 is 1.88 bits per heavy atom. The molecule has 0 fully saturated rings. The maximum Gasteiger partial charge on any atom is 0.123 e. The summed E-state index contributed by atoms with van der Waals surface area (Å²) < 4.78 is 12.8. The van der Waals surface area contributed by atoms with E-state index in [1.165, 1.54) is 12.1 Å². The zero-order valence-corrected chi connectivity index (χ0v) is 9.07. The van der Waals surface area contributed by atoms with Gasteiger partial charge in [-0.05, 0) is 41.8 Å². The molecule has 0 spiro atoms. The van der Waals surface area contributed by atoms with Crippen LogP contribution in [0.1, 0.15) is 12.5 Å². The molecule has 2 rings (SSSR count). The lowest BCUT2D eigenvalue weighted by molar-refractivity contribution is 0.628. The van der Waals surface area contributed by atoms with Crippen LogP contribution in [0.15, 0.2) is 49.3 Å². The molecule has 0 unspecified atom stereocenters. The summed E-state index contributed by atoms with van der Waals surface area (Å²) in [5.74, 6) is -0.227. The van der Waals surface area contributed by atoms with Crippen LogP contribution in [-0.4, -0.2) is 4.98 Å². The van der Waals surface area contributed by atoms with Crippen molar-refractivity contribution < 1.29 is 4.39 Å².